The largest absolute Gasteiger partial charge is 0.496 e. The number of likely N-dealkylation sites (tertiary alicyclic amines) is 1. The summed E-state index contributed by atoms with van der Waals surface area (Å²) in [7, 11) is 1.65. The molecule has 1 aliphatic heterocycles. The number of aliphatic hydroxyl groups excluding tert-OH is 1. The fraction of sp³-hybridized carbons (Fsp3) is 0.588. The van der Waals surface area contributed by atoms with E-state index < -0.39 is 0 Å². The average molecular weight is 291 g/mol. The first kappa shape index (κ1) is 15.8. The van der Waals surface area contributed by atoms with Crippen LogP contribution in [-0.2, 0) is 11.2 Å². The first-order valence-corrected chi connectivity index (χ1v) is 7.60. The van der Waals surface area contributed by atoms with Crippen LogP contribution in [0.4, 0.5) is 0 Å². The molecular weight excluding hydrogens is 266 g/mol. The van der Waals surface area contributed by atoms with Gasteiger partial charge in [-0.05, 0) is 49.8 Å². The van der Waals surface area contributed by atoms with Gasteiger partial charge in [0.1, 0.15) is 5.75 Å². The van der Waals surface area contributed by atoms with Gasteiger partial charge in [0.2, 0.25) is 5.91 Å². The molecule has 1 unspecified atom stereocenters. The summed E-state index contributed by atoms with van der Waals surface area (Å²) < 4.78 is 5.30. The number of nitrogens with zero attached hydrogens (tertiary/aromatic N) is 1. The molecule has 1 aliphatic rings. The van der Waals surface area contributed by atoms with Gasteiger partial charge in [0, 0.05) is 13.1 Å². The third-order valence-electron chi connectivity index (χ3n) is 4.40. The van der Waals surface area contributed by atoms with Gasteiger partial charge in [0.25, 0.3) is 0 Å². The van der Waals surface area contributed by atoms with E-state index in [9.17, 15) is 9.90 Å². The predicted octanol–water partition coefficient (Wildman–Crippen LogP) is 2.17. The van der Waals surface area contributed by atoms with Crippen molar-refractivity contribution in [3.63, 3.8) is 0 Å². The molecule has 1 aromatic carbocycles. The monoisotopic (exact) mass is 291 g/mol. The van der Waals surface area contributed by atoms with Crippen LogP contribution >= 0.6 is 0 Å². The lowest BCUT2D eigenvalue weighted by Crippen LogP contribution is -2.41. The Labute approximate surface area is 126 Å². The molecule has 0 bridgehead atoms. The molecule has 0 radical (unpaired) electrons. The van der Waals surface area contributed by atoms with E-state index in [0.29, 0.717) is 12.3 Å². The van der Waals surface area contributed by atoms with Crippen molar-refractivity contribution in [2.24, 2.45) is 5.92 Å². The highest BCUT2D eigenvalue weighted by atomic mass is 16.5. The van der Waals surface area contributed by atoms with Crippen LogP contribution in [0, 0.1) is 12.8 Å². The minimum absolute atomic E-state index is 0.157. The molecule has 2 rings (SSSR count). The SMILES string of the molecule is COc1cc(CC(=O)N2CCC(C(C)O)CC2)ccc1C. The summed E-state index contributed by atoms with van der Waals surface area (Å²) in [6, 6.07) is 5.91. The minimum atomic E-state index is -0.274. The molecule has 4 heteroatoms. The summed E-state index contributed by atoms with van der Waals surface area (Å²) in [4.78, 5) is 14.3. The number of aryl methyl sites for hydroxylation is 1. The second kappa shape index (κ2) is 6.94. The Kier molecular flexibility index (Phi) is 5.23. The van der Waals surface area contributed by atoms with E-state index in [2.05, 4.69) is 0 Å². The van der Waals surface area contributed by atoms with Crippen LogP contribution in [-0.4, -0.2) is 42.2 Å². The van der Waals surface area contributed by atoms with Crippen molar-refractivity contribution >= 4 is 5.91 Å². The molecule has 0 aromatic heterocycles. The Bertz CT molecular complexity index is 491. The third kappa shape index (κ3) is 3.97. The standard InChI is InChI=1S/C17H25NO3/c1-12-4-5-14(10-16(12)21-3)11-17(20)18-8-6-15(7-9-18)13(2)19/h4-5,10,13,15,19H,6-9,11H2,1-3H3. The Hall–Kier alpha value is -1.55. The quantitative estimate of drug-likeness (QED) is 0.925. The second-order valence-electron chi connectivity index (χ2n) is 5.94. The molecule has 1 heterocycles. The number of aliphatic hydroxyl groups is 1. The Morgan fingerprint density at radius 2 is 2.10 bits per heavy atom. The minimum Gasteiger partial charge on any atom is -0.496 e. The molecule has 0 saturated carbocycles. The van der Waals surface area contributed by atoms with Gasteiger partial charge in [-0.25, -0.2) is 0 Å². The molecule has 1 amide bonds. The van der Waals surface area contributed by atoms with Crippen molar-refractivity contribution in [2.45, 2.75) is 39.2 Å². The van der Waals surface area contributed by atoms with Crippen LogP contribution in [0.3, 0.4) is 0 Å². The fourth-order valence-electron chi connectivity index (χ4n) is 2.89. The van der Waals surface area contributed by atoms with Crippen LogP contribution in [0.15, 0.2) is 18.2 Å². The number of piperidine rings is 1. The molecule has 1 saturated heterocycles. The van der Waals surface area contributed by atoms with Crippen molar-refractivity contribution in [3.05, 3.63) is 29.3 Å². The first-order valence-electron chi connectivity index (χ1n) is 7.60. The van der Waals surface area contributed by atoms with E-state index in [-0.39, 0.29) is 12.0 Å². The lowest BCUT2D eigenvalue weighted by atomic mass is 9.92. The van der Waals surface area contributed by atoms with Gasteiger partial charge >= 0.3 is 0 Å². The predicted molar refractivity (Wildman–Crippen MR) is 82.4 cm³/mol. The Morgan fingerprint density at radius 3 is 2.67 bits per heavy atom. The molecular formula is C17H25NO3. The summed E-state index contributed by atoms with van der Waals surface area (Å²) in [5.74, 6) is 1.31. The number of carbonyl (C=O) groups excluding carboxylic acids is 1. The van der Waals surface area contributed by atoms with Crippen molar-refractivity contribution in [1.29, 1.82) is 0 Å². The summed E-state index contributed by atoms with van der Waals surface area (Å²) >= 11 is 0. The lowest BCUT2D eigenvalue weighted by Gasteiger charge is -2.33. The lowest BCUT2D eigenvalue weighted by molar-refractivity contribution is -0.132. The number of amides is 1. The van der Waals surface area contributed by atoms with Gasteiger partial charge in [-0.1, -0.05) is 12.1 Å². The van der Waals surface area contributed by atoms with E-state index in [0.717, 1.165) is 42.8 Å². The molecule has 21 heavy (non-hydrogen) atoms. The number of rotatable bonds is 4. The summed E-state index contributed by atoms with van der Waals surface area (Å²) in [5, 5.41) is 9.60. The Balaban J connectivity index is 1.93. The first-order chi connectivity index (χ1) is 10.0. The molecule has 1 N–H and O–H groups in total. The highest BCUT2D eigenvalue weighted by Gasteiger charge is 2.25. The van der Waals surface area contributed by atoms with Crippen LogP contribution in [0.5, 0.6) is 5.75 Å². The van der Waals surface area contributed by atoms with Crippen molar-refractivity contribution in [3.8, 4) is 5.75 Å². The van der Waals surface area contributed by atoms with E-state index in [1.54, 1.807) is 7.11 Å². The second-order valence-corrected chi connectivity index (χ2v) is 5.94. The van der Waals surface area contributed by atoms with E-state index in [4.69, 9.17) is 4.74 Å². The highest BCUT2D eigenvalue weighted by Crippen LogP contribution is 2.23. The number of hydrogen-bond donors (Lipinski definition) is 1. The molecule has 0 aliphatic carbocycles. The summed E-state index contributed by atoms with van der Waals surface area (Å²) in [6.07, 6.45) is 1.92. The zero-order valence-corrected chi connectivity index (χ0v) is 13.1. The van der Waals surface area contributed by atoms with Crippen LogP contribution in [0.25, 0.3) is 0 Å². The average Bonchev–Trinajstić information content (AvgIpc) is 2.49. The molecule has 116 valence electrons. The Morgan fingerprint density at radius 1 is 1.43 bits per heavy atom. The van der Waals surface area contributed by atoms with Gasteiger partial charge in [-0.2, -0.15) is 0 Å². The van der Waals surface area contributed by atoms with Crippen molar-refractivity contribution in [2.75, 3.05) is 20.2 Å². The van der Waals surface area contributed by atoms with E-state index in [1.807, 2.05) is 36.9 Å². The molecule has 4 nitrogen and oxygen atoms in total. The molecule has 0 spiro atoms. The maximum absolute atomic E-state index is 12.4. The van der Waals surface area contributed by atoms with Crippen LogP contribution in [0.2, 0.25) is 0 Å². The molecule has 1 atom stereocenters. The summed E-state index contributed by atoms with van der Waals surface area (Å²) in [6.45, 7) is 5.32. The van der Waals surface area contributed by atoms with Gasteiger partial charge in [0.05, 0.1) is 19.6 Å². The molecule has 1 fully saturated rings. The highest BCUT2D eigenvalue weighted by molar-refractivity contribution is 5.79. The van der Waals surface area contributed by atoms with Crippen molar-refractivity contribution < 1.29 is 14.6 Å². The summed E-state index contributed by atoms with van der Waals surface area (Å²) in [5.41, 5.74) is 2.06. The van der Waals surface area contributed by atoms with Gasteiger partial charge in [-0.15, -0.1) is 0 Å². The fourth-order valence-corrected chi connectivity index (χ4v) is 2.89. The van der Waals surface area contributed by atoms with Gasteiger partial charge in [0.15, 0.2) is 0 Å². The topological polar surface area (TPSA) is 49.8 Å². The zero-order valence-electron chi connectivity index (χ0n) is 13.1. The number of carbonyl (C=O) groups is 1. The van der Waals surface area contributed by atoms with Gasteiger partial charge < -0.3 is 14.7 Å². The van der Waals surface area contributed by atoms with Gasteiger partial charge in [-0.3, -0.25) is 4.79 Å². The number of benzene rings is 1. The molecule has 1 aromatic rings. The van der Waals surface area contributed by atoms with E-state index >= 15 is 0 Å². The van der Waals surface area contributed by atoms with Crippen LogP contribution < -0.4 is 4.74 Å². The number of methoxy groups -OCH3 is 1. The van der Waals surface area contributed by atoms with Crippen LogP contribution in [0.1, 0.15) is 30.9 Å². The number of hydrogen-bond acceptors (Lipinski definition) is 3. The zero-order chi connectivity index (χ0) is 15.4. The maximum Gasteiger partial charge on any atom is 0.226 e. The normalized spacial score (nSPS) is 17.6. The third-order valence-corrected chi connectivity index (χ3v) is 4.40. The number of ether oxygens (including phenoxy) is 1. The van der Waals surface area contributed by atoms with Crippen molar-refractivity contribution in [1.82, 2.24) is 4.90 Å². The maximum atomic E-state index is 12.4. The van der Waals surface area contributed by atoms with E-state index in [1.165, 1.54) is 0 Å². The smallest absolute Gasteiger partial charge is 0.226 e.